The van der Waals surface area contributed by atoms with Crippen LogP contribution in [0.4, 0.5) is 5.69 Å². The number of nitrogens with one attached hydrogen (secondary N) is 1. The molecule has 0 amide bonds. The fourth-order valence-electron chi connectivity index (χ4n) is 2.71. The number of hydrogen-bond donors (Lipinski definition) is 1. The van der Waals surface area contributed by atoms with Crippen LogP contribution in [0.15, 0.2) is 42.5 Å². The SMILES string of the molecule is CCOc1cc(OCCC(C)C)cc(C(Nc2ccc(C#N)cc2)C(=O)OC)c1. The average Bonchev–Trinajstić information content (AvgIpc) is 2.71. The van der Waals surface area contributed by atoms with Crippen LogP contribution in [0.1, 0.15) is 44.4 Å². The van der Waals surface area contributed by atoms with Crippen molar-refractivity contribution in [3.63, 3.8) is 0 Å². The standard InChI is InChI=1S/C23H28N2O4/c1-5-28-20-12-18(13-21(14-20)29-11-10-16(2)3)22(23(26)27-4)25-19-8-6-17(15-24)7-9-19/h6-9,12-14,16,22,25H,5,10-11H2,1-4H3. The highest BCUT2D eigenvalue weighted by Gasteiger charge is 2.23. The second-order valence-electron chi connectivity index (χ2n) is 6.99. The van der Waals surface area contributed by atoms with Crippen molar-refractivity contribution in [1.29, 1.82) is 5.26 Å². The zero-order chi connectivity index (χ0) is 21.2. The topological polar surface area (TPSA) is 80.6 Å². The molecule has 6 heteroatoms. The van der Waals surface area contributed by atoms with Gasteiger partial charge in [-0.15, -0.1) is 0 Å². The molecule has 0 saturated heterocycles. The number of nitrogens with zero attached hydrogens (tertiary/aromatic N) is 1. The van der Waals surface area contributed by atoms with Crippen molar-refractivity contribution in [2.75, 3.05) is 25.6 Å². The third-order valence-corrected chi connectivity index (χ3v) is 4.27. The van der Waals surface area contributed by atoms with Gasteiger partial charge in [-0.05, 0) is 61.2 Å². The average molecular weight is 396 g/mol. The van der Waals surface area contributed by atoms with Crippen LogP contribution in [0, 0.1) is 17.2 Å². The fraction of sp³-hybridized carbons (Fsp3) is 0.391. The van der Waals surface area contributed by atoms with Gasteiger partial charge in [-0.3, -0.25) is 0 Å². The molecule has 1 N–H and O–H groups in total. The Morgan fingerprint density at radius 3 is 2.31 bits per heavy atom. The zero-order valence-corrected chi connectivity index (χ0v) is 17.4. The lowest BCUT2D eigenvalue weighted by Gasteiger charge is -2.20. The third-order valence-electron chi connectivity index (χ3n) is 4.27. The van der Waals surface area contributed by atoms with E-state index in [0.29, 0.717) is 47.4 Å². The van der Waals surface area contributed by atoms with Crippen LogP contribution >= 0.6 is 0 Å². The van der Waals surface area contributed by atoms with E-state index in [1.807, 2.05) is 19.1 Å². The Labute approximate surface area is 172 Å². The van der Waals surface area contributed by atoms with Crippen molar-refractivity contribution in [1.82, 2.24) is 0 Å². The quantitative estimate of drug-likeness (QED) is 0.586. The lowest BCUT2D eigenvalue weighted by Crippen LogP contribution is -2.22. The van der Waals surface area contributed by atoms with E-state index in [0.717, 1.165) is 6.42 Å². The van der Waals surface area contributed by atoms with E-state index in [1.165, 1.54) is 7.11 Å². The van der Waals surface area contributed by atoms with Crippen molar-refractivity contribution in [2.24, 2.45) is 5.92 Å². The summed E-state index contributed by atoms with van der Waals surface area (Å²) in [5.41, 5.74) is 1.92. The van der Waals surface area contributed by atoms with E-state index < -0.39 is 12.0 Å². The van der Waals surface area contributed by atoms with Gasteiger partial charge in [-0.1, -0.05) is 13.8 Å². The first-order chi connectivity index (χ1) is 14.0. The highest BCUT2D eigenvalue weighted by Crippen LogP contribution is 2.30. The maximum absolute atomic E-state index is 12.5. The first kappa shape index (κ1) is 22.1. The van der Waals surface area contributed by atoms with Gasteiger partial charge in [0.25, 0.3) is 0 Å². The molecular formula is C23H28N2O4. The molecule has 0 aliphatic carbocycles. The van der Waals surface area contributed by atoms with Crippen molar-refractivity contribution < 1.29 is 19.0 Å². The molecule has 0 aromatic heterocycles. The third kappa shape index (κ3) is 6.72. The Hall–Kier alpha value is -3.20. The molecule has 154 valence electrons. The largest absolute Gasteiger partial charge is 0.494 e. The molecule has 1 atom stereocenters. The van der Waals surface area contributed by atoms with Gasteiger partial charge < -0.3 is 19.5 Å². The maximum atomic E-state index is 12.5. The maximum Gasteiger partial charge on any atom is 0.332 e. The minimum atomic E-state index is -0.749. The second-order valence-corrected chi connectivity index (χ2v) is 6.99. The smallest absolute Gasteiger partial charge is 0.332 e. The second kappa shape index (κ2) is 11.0. The predicted molar refractivity (Wildman–Crippen MR) is 112 cm³/mol. The molecule has 0 bridgehead atoms. The summed E-state index contributed by atoms with van der Waals surface area (Å²) in [7, 11) is 1.35. The molecule has 6 nitrogen and oxygen atoms in total. The Morgan fingerprint density at radius 2 is 1.76 bits per heavy atom. The number of carbonyl (C=O) groups is 1. The highest BCUT2D eigenvalue weighted by atomic mass is 16.5. The van der Waals surface area contributed by atoms with Crippen LogP contribution in [0.2, 0.25) is 0 Å². The van der Waals surface area contributed by atoms with Crippen LogP contribution in [-0.4, -0.2) is 26.3 Å². The Morgan fingerprint density at radius 1 is 1.10 bits per heavy atom. The Kier molecular flexibility index (Phi) is 8.35. The highest BCUT2D eigenvalue weighted by molar-refractivity contribution is 5.81. The lowest BCUT2D eigenvalue weighted by molar-refractivity contribution is -0.141. The lowest BCUT2D eigenvalue weighted by atomic mass is 10.0. The molecule has 2 aromatic carbocycles. The fourth-order valence-corrected chi connectivity index (χ4v) is 2.71. The predicted octanol–water partition coefficient (Wildman–Crippen LogP) is 4.71. The summed E-state index contributed by atoms with van der Waals surface area (Å²) >= 11 is 0. The first-order valence-electron chi connectivity index (χ1n) is 9.72. The van der Waals surface area contributed by atoms with Crippen LogP contribution in [0.3, 0.4) is 0 Å². The number of anilines is 1. The van der Waals surface area contributed by atoms with Crippen molar-refractivity contribution in [3.8, 4) is 17.6 Å². The minimum Gasteiger partial charge on any atom is -0.494 e. The van der Waals surface area contributed by atoms with Crippen LogP contribution in [0.25, 0.3) is 0 Å². The van der Waals surface area contributed by atoms with E-state index in [2.05, 4.69) is 25.2 Å². The molecule has 29 heavy (non-hydrogen) atoms. The molecular weight excluding hydrogens is 368 g/mol. The monoisotopic (exact) mass is 396 g/mol. The molecule has 1 unspecified atom stereocenters. The summed E-state index contributed by atoms with van der Waals surface area (Å²) in [6.45, 7) is 7.26. The summed E-state index contributed by atoms with van der Waals surface area (Å²) in [5, 5.41) is 12.1. The van der Waals surface area contributed by atoms with Gasteiger partial charge in [-0.2, -0.15) is 5.26 Å². The number of carbonyl (C=O) groups excluding carboxylic acids is 1. The van der Waals surface area contributed by atoms with E-state index in [9.17, 15) is 4.79 Å². The normalized spacial score (nSPS) is 11.4. The minimum absolute atomic E-state index is 0.434. The molecule has 0 radical (unpaired) electrons. The number of ether oxygens (including phenoxy) is 3. The number of nitriles is 1. The number of esters is 1. The Bertz CT molecular complexity index is 841. The van der Waals surface area contributed by atoms with E-state index in [4.69, 9.17) is 19.5 Å². The molecule has 2 rings (SSSR count). The number of methoxy groups -OCH3 is 1. The van der Waals surface area contributed by atoms with Crippen molar-refractivity contribution in [2.45, 2.75) is 33.2 Å². The molecule has 0 saturated carbocycles. The summed E-state index contributed by atoms with van der Waals surface area (Å²) in [4.78, 5) is 12.5. The number of rotatable bonds is 10. The van der Waals surface area contributed by atoms with Gasteiger partial charge in [0.2, 0.25) is 0 Å². The Balaban J connectivity index is 2.33. The summed E-state index contributed by atoms with van der Waals surface area (Å²) < 4.78 is 16.6. The van der Waals surface area contributed by atoms with Gasteiger partial charge in [0.15, 0.2) is 6.04 Å². The van der Waals surface area contributed by atoms with Gasteiger partial charge in [0.1, 0.15) is 11.5 Å². The molecule has 0 aliphatic rings. The van der Waals surface area contributed by atoms with Crippen molar-refractivity contribution in [3.05, 3.63) is 53.6 Å². The van der Waals surface area contributed by atoms with Gasteiger partial charge >= 0.3 is 5.97 Å². The van der Waals surface area contributed by atoms with Crippen LogP contribution in [0.5, 0.6) is 11.5 Å². The van der Waals surface area contributed by atoms with Crippen LogP contribution in [-0.2, 0) is 9.53 Å². The van der Waals surface area contributed by atoms with Crippen LogP contribution < -0.4 is 14.8 Å². The molecule has 0 spiro atoms. The summed E-state index contributed by atoms with van der Waals surface area (Å²) in [6.07, 6.45) is 0.929. The zero-order valence-electron chi connectivity index (χ0n) is 17.4. The van der Waals surface area contributed by atoms with Gasteiger partial charge in [0.05, 0.1) is 32.0 Å². The van der Waals surface area contributed by atoms with E-state index >= 15 is 0 Å². The van der Waals surface area contributed by atoms with E-state index in [1.54, 1.807) is 30.3 Å². The first-order valence-corrected chi connectivity index (χ1v) is 9.72. The van der Waals surface area contributed by atoms with Gasteiger partial charge in [-0.25, -0.2) is 4.79 Å². The van der Waals surface area contributed by atoms with E-state index in [-0.39, 0.29) is 0 Å². The number of benzene rings is 2. The molecule has 0 heterocycles. The molecule has 2 aromatic rings. The molecule has 0 aliphatic heterocycles. The summed E-state index contributed by atoms with van der Waals surface area (Å²) in [5.74, 6) is 1.36. The number of hydrogen-bond acceptors (Lipinski definition) is 6. The molecule has 0 fully saturated rings. The van der Waals surface area contributed by atoms with Gasteiger partial charge in [0, 0.05) is 11.8 Å². The van der Waals surface area contributed by atoms with Crippen molar-refractivity contribution >= 4 is 11.7 Å². The summed E-state index contributed by atoms with van der Waals surface area (Å²) in [6, 6.07) is 13.7.